The molecule has 0 fully saturated rings. The van der Waals surface area contributed by atoms with Crippen LogP contribution in [-0.4, -0.2) is 22.8 Å². The molecule has 98 valence electrons. The zero-order chi connectivity index (χ0) is 13.4. The second kappa shape index (κ2) is 4.83. The molecule has 0 aliphatic carbocycles. The fourth-order valence-corrected chi connectivity index (χ4v) is 3.10. The molecule has 1 aliphatic rings. The molecule has 19 heavy (non-hydrogen) atoms. The number of nitrogens with zero attached hydrogens (tertiary/aromatic N) is 2. The van der Waals surface area contributed by atoms with Gasteiger partial charge in [-0.25, -0.2) is 4.98 Å². The van der Waals surface area contributed by atoms with Crippen molar-refractivity contribution in [3.8, 4) is 0 Å². The standard InChI is InChI=1S/C13H12ClN3OS/c1-17-7-10-9(12(17)18)3-2-4-11(10)15-5-8-6-16-13(14)19-8/h2-4,6,15H,5,7H2,1H3. The van der Waals surface area contributed by atoms with Crippen LogP contribution in [0.1, 0.15) is 20.8 Å². The molecule has 0 bridgehead atoms. The Morgan fingerprint density at radius 3 is 3.11 bits per heavy atom. The summed E-state index contributed by atoms with van der Waals surface area (Å²) in [5.41, 5.74) is 2.85. The maximum absolute atomic E-state index is 11.9. The van der Waals surface area contributed by atoms with Crippen molar-refractivity contribution < 1.29 is 4.79 Å². The fourth-order valence-electron chi connectivity index (χ4n) is 2.19. The van der Waals surface area contributed by atoms with Crippen LogP contribution in [0, 0.1) is 0 Å². The first-order valence-corrected chi connectivity index (χ1v) is 7.06. The highest BCUT2D eigenvalue weighted by Gasteiger charge is 2.26. The number of amides is 1. The first-order chi connectivity index (χ1) is 9.15. The number of carbonyl (C=O) groups excluding carboxylic acids is 1. The van der Waals surface area contributed by atoms with Gasteiger partial charge in [0.15, 0.2) is 4.47 Å². The molecule has 6 heteroatoms. The maximum atomic E-state index is 11.9. The molecule has 2 aromatic rings. The number of fused-ring (bicyclic) bond motifs is 1. The first-order valence-electron chi connectivity index (χ1n) is 5.86. The van der Waals surface area contributed by atoms with E-state index in [4.69, 9.17) is 11.6 Å². The van der Waals surface area contributed by atoms with Gasteiger partial charge >= 0.3 is 0 Å². The van der Waals surface area contributed by atoms with Gasteiger partial charge in [0.1, 0.15) is 0 Å². The minimum Gasteiger partial charge on any atom is -0.380 e. The van der Waals surface area contributed by atoms with E-state index in [0.717, 1.165) is 21.7 Å². The predicted octanol–water partition coefficient (Wildman–Crippen LogP) is 2.99. The number of halogens is 1. The van der Waals surface area contributed by atoms with E-state index in [2.05, 4.69) is 10.3 Å². The number of hydrogen-bond acceptors (Lipinski definition) is 4. The number of aromatic nitrogens is 1. The van der Waals surface area contributed by atoms with Crippen molar-refractivity contribution in [3.05, 3.63) is 44.9 Å². The van der Waals surface area contributed by atoms with Gasteiger partial charge in [-0.3, -0.25) is 4.79 Å². The summed E-state index contributed by atoms with van der Waals surface area (Å²) in [7, 11) is 1.81. The molecular weight excluding hydrogens is 282 g/mol. The van der Waals surface area contributed by atoms with Gasteiger partial charge < -0.3 is 10.2 Å². The van der Waals surface area contributed by atoms with Gasteiger partial charge in [0.2, 0.25) is 0 Å². The summed E-state index contributed by atoms with van der Waals surface area (Å²) < 4.78 is 0.546. The molecule has 0 radical (unpaired) electrons. The summed E-state index contributed by atoms with van der Waals surface area (Å²) >= 11 is 7.26. The molecule has 0 unspecified atom stereocenters. The van der Waals surface area contributed by atoms with Crippen molar-refractivity contribution in [3.63, 3.8) is 0 Å². The molecule has 0 atom stereocenters. The normalized spacial score (nSPS) is 13.8. The molecule has 1 amide bonds. The lowest BCUT2D eigenvalue weighted by Crippen LogP contribution is -2.17. The SMILES string of the molecule is CN1Cc2c(NCc3cnc(Cl)s3)cccc2C1=O. The van der Waals surface area contributed by atoms with Gasteiger partial charge in [-0.05, 0) is 12.1 Å². The summed E-state index contributed by atoms with van der Waals surface area (Å²) in [6.07, 6.45) is 1.76. The number of anilines is 1. The van der Waals surface area contributed by atoms with Gasteiger partial charge in [0, 0.05) is 41.5 Å². The van der Waals surface area contributed by atoms with Crippen molar-refractivity contribution in [2.75, 3.05) is 12.4 Å². The monoisotopic (exact) mass is 293 g/mol. The summed E-state index contributed by atoms with van der Waals surface area (Å²) in [6, 6.07) is 5.77. The third-order valence-electron chi connectivity index (χ3n) is 3.13. The van der Waals surface area contributed by atoms with Crippen LogP contribution in [0.5, 0.6) is 0 Å². The minimum atomic E-state index is 0.0829. The second-order valence-electron chi connectivity index (χ2n) is 4.43. The Labute approximate surface area is 120 Å². The van der Waals surface area contributed by atoms with Gasteiger partial charge in [-0.1, -0.05) is 17.7 Å². The summed E-state index contributed by atoms with van der Waals surface area (Å²) in [4.78, 5) is 18.7. The Morgan fingerprint density at radius 1 is 1.53 bits per heavy atom. The van der Waals surface area contributed by atoms with E-state index < -0.39 is 0 Å². The number of nitrogens with one attached hydrogen (secondary N) is 1. The maximum Gasteiger partial charge on any atom is 0.254 e. The number of rotatable bonds is 3. The smallest absolute Gasteiger partial charge is 0.254 e. The van der Waals surface area contributed by atoms with Gasteiger partial charge in [0.25, 0.3) is 5.91 Å². The van der Waals surface area contributed by atoms with Crippen molar-refractivity contribution in [2.45, 2.75) is 13.1 Å². The van der Waals surface area contributed by atoms with Crippen molar-refractivity contribution in [2.24, 2.45) is 0 Å². The Hall–Kier alpha value is -1.59. The zero-order valence-electron chi connectivity index (χ0n) is 10.3. The Balaban J connectivity index is 1.81. The highest BCUT2D eigenvalue weighted by molar-refractivity contribution is 7.15. The van der Waals surface area contributed by atoms with E-state index in [0.29, 0.717) is 17.6 Å². The van der Waals surface area contributed by atoms with E-state index in [-0.39, 0.29) is 5.91 Å². The molecule has 1 aliphatic heterocycles. The highest BCUT2D eigenvalue weighted by atomic mass is 35.5. The predicted molar refractivity (Wildman–Crippen MR) is 76.7 cm³/mol. The lowest BCUT2D eigenvalue weighted by molar-refractivity contribution is 0.0816. The van der Waals surface area contributed by atoms with Crippen molar-refractivity contribution in [1.82, 2.24) is 9.88 Å². The third kappa shape index (κ3) is 2.31. The lowest BCUT2D eigenvalue weighted by Gasteiger charge is -2.09. The zero-order valence-corrected chi connectivity index (χ0v) is 11.9. The average Bonchev–Trinajstić information content (AvgIpc) is 2.93. The van der Waals surface area contributed by atoms with E-state index in [1.807, 2.05) is 25.2 Å². The van der Waals surface area contributed by atoms with Crippen LogP contribution in [0.4, 0.5) is 5.69 Å². The molecule has 4 nitrogen and oxygen atoms in total. The van der Waals surface area contributed by atoms with Crippen LogP contribution in [0.2, 0.25) is 4.47 Å². The second-order valence-corrected chi connectivity index (χ2v) is 6.12. The van der Waals surface area contributed by atoms with Crippen LogP contribution in [0.25, 0.3) is 0 Å². The average molecular weight is 294 g/mol. The number of thiazole rings is 1. The molecular formula is C13H12ClN3OS. The quantitative estimate of drug-likeness (QED) is 0.946. The first kappa shape index (κ1) is 12.4. The molecule has 2 heterocycles. The molecule has 0 spiro atoms. The molecule has 3 rings (SSSR count). The highest BCUT2D eigenvalue weighted by Crippen LogP contribution is 2.29. The van der Waals surface area contributed by atoms with Gasteiger partial charge in [0.05, 0.1) is 6.54 Å². The van der Waals surface area contributed by atoms with Crippen LogP contribution < -0.4 is 5.32 Å². The molecule has 1 aromatic heterocycles. The van der Waals surface area contributed by atoms with E-state index in [1.165, 1.54) is 11.3 Å². The van der Waals surface area contributed by atoms with Crippen molar-refractivity contribution >= 4 is 34.5 Å². The Kier molecular flexibility index (Phi) is 3.16. The molecule has 0 saturated carbocycles. The molecule has 1 N–H and O–H groups in total. The van der Waals surface area contributed by atoms with Gasteiger partial charge in [-0.15, -0.1) is 11.3 Å². The minimum absolute atomic E-state index is 0.0829. The third-order valence-corrected chi connectivity index (χ3v) is 4.24. The van der Waals surface area contributed by atoms with Crippen LogP contribution in [0.15, 0.2) is 24.4 Å². The van der Waals surface area contributed by atoms with Crippen LogP contribution in [0.3, 0.4) is 0 Å². The Morgan fingerprint density at radius 2 is 2.37 bits per heavy atom. The van der Waals surface area contributed by atoms with E-state index >= 15 is 0 Å². The number of carbonyl (C=O) groups is 1. The van der Waals surface area contributed by atoms with Crippen LogP contribution in [-0.2, 0) is 13.1 Å². The summed E-state index contributed by atoms with van der Waals surface area (Å²) in [5.74, 6) is 0.0829. The number of benzene rings is 1. The van der Waals surface area contributed by atoms with Crippen molar-refractivity contribution in [1.29, 1.82) is 0 Å². The number of hydrogen-bond donors (Lipinski definition) is 1. The topological polar surface area (TPSA) is 45.2 Å². The Bertz CT molecular complexity index is 641. The molecule has 0 saturated heterocycles. The van der Waals surface area contributed by atoms with Crippen LogP contribution >= 0.6 is 22.9 Å². The summed E-state index contributed by atoms with van der Waals surface area (Å²) in [6.45, 7) is 1.32. The molecule has 1 aromatic carbocycles. The lowest BCUT2D eigenvalue weighted by atomic mass is 10.1. The van der Waals surface area contributed by atoms with E-state index in [9.17, 15) is 4.79 Å². The van der Waals surface area contributed by atoms with E-state index in [1.54, 1.807) is 11.1 Å². The fraction of sp³-hybridized carbons (Fsp3) is 0.231. The van der Waals surface area contributed by atoms with Gasteiger partial charge in [-0.2, -0.15) is 0 Å². The summed E-state index contributed by atoms with van der Waals surface area (Å²) in [5, 5.41) is 3.35. The largest absolute Gasteiger partial charge is 0.380 e.